The molecule has 0 heterocycles. The number of hydrogen-bond donors (Lipinski definition) is 1. The highest BCUT2D eigenvalue weighted by Crippen LogP contribution is 2.16. The Morgan fingerprint density at radius 2 is 1.75 bits per heavy atom. The van der Waals surface area contributed by atoms with Crippen LogP contribution in [0, 0.1) is 5.21 Å². The van der Waals surface area contributed by atoms with E-state index in [-0.39, 0.29) is 6.04 Å². The molecule has 0 amide bonds. The number of nitrogens with one attached hydrogen (secondary N) is 1. The predicted octanol–water partition coefficient (Wildman–Crippen LogP) is 1.41. The largest absolute Gasteiger partial charge is 0.788 e. The zero-order chi connectivity index (χ0) is 5.82. The van der Waals surface area contributed by atoms with Gasteiger partial charge in [0.15, 0.2) is 0 Å². The minimum Gasteiger partial charge on any atom is -0.788 e. The Morgan fingerprint density at radius 1 is 1.12 bits per heavy atom. The van der Waals surface area contributed by atoms with E-state index in [4.69, 9.17) is 0 Å². The lowest BCUT2D eigenvalue weighted by molar-refractivity contribution is 0.405. The van der Waals surface area contributed by atoms with E-state index in [9.17, 15) is 5.21 Å². The van der Waals surface area contributed by atoms with E-state index < -0.39 is 0 Å². The van der Waals surface area contributed by atoms with Crippen LogP contribution in [-0.4, -0.2) is 6.04 Å². The van der Waals surface area contributed by atoms with Gasteiger partial charge in [-0.1, -0.05) is 19.3 Å². The lowest BCUT2D eigenvalue weighted by Gasteiger charge is -2.25. The van der Waals surface area contributed by atoms with Crippen LogP contribution in [0.5, 0.6) is 0 Å². The molecule has 2 nitrogen and oxygen atoms in total. The molecule has 0 aliphatic heterocycles. The first-order valence-electron chi connectivity index (χ1n) is 3.31. The minimum absolute atomic E-state index is 0.281. The van der Waals surface area contributed by atoms with Gasteiger partial charge in [-0.15, -0.1) is 0 Å². The zero-order valence-corrected chi connectivity index (χ0v) is 5.02. The molecule has 8 heavy (non-hydrogen) atoms. The lowest BCUT2D eigenvalue weighted by atomic mass is 9.96. The molecule has 0 radical (unpaired) electrons. The van der Waals surface area contributed by atoms with Gasteiger partial charge >= 0.3 is 0 Å². The second-order valence-corrected chi connectivity index (χ2v) is 2.45. The van der Waals surface area contributed by atoms with Crippen molar-refractivity contribution in [2.45, 2.75) is 38.1 Å². The SMILES string of the molecule is [O-]NC1CCCCC1. The van der Waals surface area contributed by atoms with E-state index in [1.54, 1.807) is 0 Å². The molecule has 0 bridgehead atoms. The standard InChI is InChI=1S/C6H12NO/c8-7-6-4-2-1-3-5-6/h6-7H,1-5H2/q-1. The van der Waals surface area contributed by atoms with Gasteiger partial charge in [0.25, 0.3) is 0 Å². The third-order valence-corrected chi connectivity index (χ3v) is 1.77. The summed E-state index contributed by atoms with van der Waals surface area (Å²) < 4.78 is 0. The molecule has 0 aromatic carbocycles. The summed E-state index contributed by atoms with van der Waals surface area (Å²) in [6.07, 6.45) is 5.96. The fraction of sp³-hybridized carbons (Fsp3) is 1.00. The third-order valence-electron chi connectivity index (χ3n) is 1.77. The van der Waals surface area contributed by atoms with Crippen molar-refractivity contribution in [1.29, 1.82) is 0 Å². The summed E-state index contributed by atoms with van der Waals surface area (Å²) in [5.74, 6) is 0. The molecule has 1 aliphatic rings. The van der Waals surface area contributed by atoms with Crippen molar-refractivity contribution < 1.29 is 0 Å². The van der Waals surface area contributed by atoms with Gasteiger partial charge < -0.3 is 10.7 Å². The average molecular weight is 114 g/mol. The van der Waals surface area contributed by atoms with Crippen molar-refractivity contribution in [3.8, 4) is 0 Å². The summed E-state index contributed by atoms with van der Waals surface area (Å²) in [4.78, 5) is 0. The number of hydroxylamine groups is 1. The molecular formula is C6H12NO-. The average Bonchev–Trinajstić information content (AvgIpc) is 1.90. The van der Waals surface area contributed by atoms with Crippen LogP contribution in [0.4, 0.5) is 0 Å². The molecule has 0 saturated heterocycles. The fourth-order valence-electron chi connectivity index (χ4n) is 1.22. The van der Waals surface area contributed by atoms with Gasteiger partial charge in [-0.05, 0) is 18.9 Å². The van der Waals surface area contributed by atoms with Crippen LogP contribution in [-0.2, 0) is 0 Å². The molecule has 48 valence electrons. The smallest absolute Gasteiger partial charge is 0.00510 e. The maximum absolute atomic E-state index is 10.0. The minimum atomic E-state index is 0.281. The first kappa shape index (κ1) is 6.05. The second-order valence-electron chi connectivity index (χ2n) is 2.45. The summed E-state index contributed by atoms with van der Waals surface area (Å²) >= 11 is 0. The Kier molecular flexibility index (Phi) is 2.30. The summed E-state index contributed by atoms with van der Waals surface area (Å²) in [6, 6.07) is 0.281. The zero-order valence-electron chi connectivity index (χ0n) is 5.02. The van der Waals surface area contributed by atoms with Crippen LogP contribution in [0.3, 0.4) is 0 Å². The Morgan fingerprint density at radius 3 is 2.12 bits per heavy atom. The Balaban J connectivity index is 2.13. The summed E-state index contributed by atoms with van der Waals surface area (Å²) in [6.45, 7) is 0. The van der Waals surface area contributed by atoms with Gasteiger partial charge in [0.05, 0.1) is 0 Å². The normalized spacial score (nSPS) is 23.6. The van der Waals surface area contributed by atoms with Gasteiger partial charge in [0.2, 0.25) is 0 Å². The topological polar surface area (TPSA) is 35.1 Å². The van der Waals surface area contributed by atoms with E-state index in [2.05, 4.69) is 5.48 Å². The molecule has 0 aromatic rings. The summed E-state index contributed by atoms with van der Waals surface area (Å²) in [7, 11) is 0. The van der Waals surface area contributed by atoms with Crippen LogP contribution in [0.2, 0.25) is 0 Å². The fourth-order valence-corrected chi connectivity index (χ4v) is 1.22. The van der Waals surface area contributed by atoms with Crippen LogP contribution >= 0.6 is 0 Å². The molecule has 1 rings (SSSR count). The van der Waals surface area contributed by atoms with Gasteiger partial charge in [-0.25, -0.2) is 0 Å². The van der Waals surface area contributed by atoms with Gasteiger partial charge in [0.1, 0.15) is 0 Å². The van der Waals surface area contributed by atoms with Crippen molar-refractivity contribution >= 4 is 0 Å². The second kappa shape index (κ2) is 3.05. The number of hydrogen-bond acceptors (Lipinski definition) is 2. The van der Waals surface area contributed by atoms with Gasteiger partial charge in [-0.2, -0.15) is 0 Å². The van der Waals surface area contributed by atoms with Crippen LogP contribution in [0.15, 0.2) is 0 Å². The van der Waals surface area contributed by atoms with E-state index in [1.165, 1.54) is 19.3 Å². The molecule has 1 aliphatic carbocycles. The maximum Gasteiger partial charge on any atom is -0.00510 e. The van der Waals surface area contributed by atoms with Crippen LogP contribution in [0.25, 0.3) is 0 Å². The molecule has 0 atom stereocenters. The molecule has 0 aromatic heterocycles. The van der Waals surface area contributed by atoms with Gasteiger partial charge in [-0.3, -0.25) is 0 Å². The Bertz CT molecular complexity index is 59.5. The Labute approximate surface area is 49.9 Å². The van der Waals surface area contributed by atoms with E-state index in [1.807, 2.05) is 0 Å². The van der Waals surface area contributed by atoms with Crippen molar-refractivity contribution in [1.82, 2.24) is 5.48 Å². The first-order chi connectivity index (χ1) is 3.93. The van der Waals surface area contributed by atoms with Crippen molar-refractivity contribution in [2.24, 2.45) is 0 Å². The van der Waals surface area contributed by atoms with Crippen molar-refractivity contribution in [2.75, 3.05) is 0 Å². The molecule has 1 saturated carbocycles. The maximum atomic E-state index is 10.0. The van der Waals surface area contributed by atoms with Crippen LogP contribution < -0.4 is 5.48 Å². The Hall–Kier alpha value is -0.0800. The molecule has 1 fully saturated rings. The van der Waals surface area contributed by atoms with Crippen molar-refractivity contribution in [3.05, 3.63) is 5.21 Å². The highest BCUT2D eigenvalue weighted by molar-refractivity contribution is 4.71. The highest BCUT2D eigenvalue weighted by Gasteiger charge is 2.07. The quantitative estimate of drug-likeness (QED) is 0.523. The van der Waals surface area contributed by atoms with E-state index >= 15 is 0 Å². The molecular weight excluding hydrogens is 102 g/mol. The lowest BCUT2D eigenvalue weighted by Crippen LogP contribution is -2.25. The highest BCUT2D eigenvalue weighted by atomic mass is 16.5. The summed E-state index contributed by atoms with van der Waals surface area (Å²) in [5.41, 5.74) is 2.05. The van der Waals surface area contributed by atoms with Crippen molar-refractivity contribution in [3.63, 3.8) is 0 Å². The number of rotatable bonds is 1. The van der Waals surface area contributed by atoms with Gasteiger partial charge in [0, 0.05) is 0 Å². The monoisotopic (exact) mass is 114 g/mol. The van der Waals surface area contributed by atoms with Crippen LogP contribution in [0.1, 0.15) is 32.1 Å². The molecule has 0 unspecified atom stereocenters. The predicted molar refractivity (Wildman–Crippen MR) is 33.4 cm³/mol. The third kappa shape index (κ3) is 1.46. The molecule has 1 N–H and O–H groups in total. The molecule has 0 spiro atoms. The summed E-state index contributed by atoms with van der Waals surface area (Å²) in [5, 5.41) is 10.0. The van der Waals surface area contributed by atoms with E-state index in [0.29, 0.717) is 0 Å². The van der Waals surface area contributed by atoms with E-state index in [0.717, 1.165) is 12.8 Å². The first-order valence-corrected chi connectivity index (χ1v) is 3.31. The molecule has 2 heteroatoms.